The second kappa shape index (κ2) is 7.04. The first-order valence-corrected chi connectivity index (χ1v) is 7.68. The fourth-order valence-electron chi connectivity index (χ4n) is 3.36. The number of carbonyl (C=O) groups is 2. The molecule has 4 heteroatoms. The number of nitrogens with one attached hydrogen (secondary N) is 1. The molecule has 1 saturated heterocycles. The van der Waals surface area contributed by atoms with Crippen molar-refractivity contribution in [2.75, 3.05) is 13.1 Å². The van der Waals surface area contributed by atoms with Crippen LogP contribution < -0.4 is 5.32 Å². The number of piperidine rings is 1. The molecular weight excluding hydrogens is 240 g/mol. The minimum Gasteiger partial charge on any atom is -0.352 e. The molecule has 1 saturated carbocycles. The van der Waals surface area contributed by atoms with Crippen LogP contribution in [0, 0.1) is 0 Å². The predicted octanol–water partition coefficient (Wildman–Crippen LogP) is 1.88. The van der Waals surface area contributed by atoms with Crippen LogP contribution in [0.1, 0.15) is 58.3 Å². The van der Waals surface area contributed by atoms with Crippen molar-refractivity contribution in [1.82, 2.24) is 10.2 Å². The third-order valence-corrected chi connectivity index (χ3v) is 4.34. The first-order chi connectivity index (χ1) is 9.15. The van der Waals surface area contributed by atoms with E-state index in [2.05, 4.69) is 10.2 Å². The molecule has 4 nitrogen and oxygen atoms in total. The van der Waals surface area contributed by atoms with Crippen molar-refractivity contribution in [3.8, 4) is 0 Å². The largest absolute Gasteiger partial charge is 0.352 e. The van der Waals surface area contributed by atoms with Crippen molar-refractivity contribution in [2.24, 2.45) is 0 Å². The molecule has 1 heterocycles. The average Bonchev–Trinajstić information content (AvgIpc) is 2.83. The van der Waals surface area contributed by atoms with E-state index < -0.39 is 0 Å². The number of likely N-dealkylation sites (tertiary alicyclic amines) is 1. The van der Waals surface area contributed by atoms with Gasteiger partial charge in [0.25, 0.3) is 0 Å². The van der Waals surface area contributed by atoms with Crippen molar-refractivity contribution in [2.45, 2.75) is 70.4 Å². The third-order valence-electron chi connectivity index (χ3n) is 4.34. The number of Topliss-reactive ketones (excluding diaryl/α,β-unsaturated/α-hetero) is 1. The maximum atomic E-state index is 12.1. The van der Waals surface area contributed by atoms with E-state index in [1.165, 1.54) is 19.3 Å². The summed E-state index contributed by atoms with van der Waals surface area (Å²) in [4.78, 5) is 25.6. The van der Waals surface area contributed by atoms with E-state index in [1.807, 2.05) is 0 Å². The van der Waals surface area contributed by atoms with Gasteiger partial charge in [0.1, 0.15) is 5.78 Å². The van der Waals surface area contributed by atoms with Crippen LogP contribution in [0.3, 0.4) is 0 Å². The van der Waals surface area contributed by atoms with Crippen molar-refractivity contribution < 1.29 is 9.59 Å². The maximum absolute atomic E-state index is 12.1. The van der Waals surface area contributed by atoms with Gasteiger partial charge in [-0.3, -0.25) is 14.5 Å². The Morgan fingerprint density at radius 3 is 2.47 bits per heavy atom. The zero-order chi connectivity index (χ0) is 13.7. The summed E-state index contributed by atoms with van der Waals surface area (Å²) >= 11 is 0. The van der Waals surface area contributed by atoms with Crippen LogP contribution >= 0.6 is 0 Å². The second-order valence-electron chi connectivity index (χ2n) is 6.08. The number of rotatable bonds is 5. The van der Waals surface area contributed by atoms with Gasteiger partial charge in [0.2, 0.25) is 5.91 Å². The zero-order valence-corrected chi connectivity index (χ0v) is 12.0. The Kier molecular flexibility index (Phi) is 5.37. The maximum Gasteiger partial charge on any atom is 0.234 e. The highest BCUT2D eigenvalue weighted by atomic mass is 16.2. The van der Waals surface area contributed by atoms with E-state index in [9.17, 15) is 9.59 Å². The topological polar surface area (TPSA) is 49.4 Å². The summed E-state index contributed by atoms with van der Waals surface area (Å²) in [5, 5.41) is 3.13. The predicted molar refractivity (Wildman–Crippen MR) is 74.9 cm³/mol. The second-order valence-corrected chi connectivity index (χ2v) is 6.08. The summed E-state index contributed by atoms with van der Waals surface area (Å²) in [5.41, 5.74) is 0. The highest BCUT2D eigenvalue weighted by Crippen LogP contribution is 2.20. The summed E-state index contributed by atoms with van der Waals surface area (Å²) in [6, 6.07) is 0.670. The Morgan fingerprint density at radius 2 is 1.79 bits per heavy atom. The standard InChI is InChI=1S/C15H26N2O2/c1-12(18)10-14-8-4-5-9-17(14)11-15(19)16-13-6-2-3-7-13/h13-14H,2-11H2,1H3,(H,16,19). The molecule has 1 N–H and O–H groups in total. The van der Waals surface area contributed by atoms with Gasteiger partial charge < -0.3 is 5.32 Å². The molecule has 2 aliphatic rings. The van der Waals surface area contributed by atoms with E-state index in [0.29, 0.717) is 19.0 Å². The van der Waals surface area contributed by atoms with Gasteiger partial charge in [-0.15, -0.1) is 0 Å². The van der Waals surface area contributed by atoms with Crippen LogP contribution in [0.5, 0.6) is 0 Å². The highest BCUT2D eigenvalue weighted by molar-refractivity contribution is 5.79. The molecule has 0 aromatic heterocycles. The van der Waals surface area contributed by atoms with Crippen LogP contribution in [-0.2, 0) is 9.59 Å². The van der Waals surface area contributed by atoms with Crippen LogP contribution in [0.2, 0.25) is 0 Å². The van der Waals surface area contributed by atoms with Gasteiger partial charge in [-0.05, 0) is 39.2 Å². The fraction of sp³-hybridized carbons (Fsp3) is 0.867. The molecule has 19 heavy (non-hydrogen) atoms. The number of amides is 1. The summed E-state index contributed by atoms with van der Waals surface area (Å²) < 4.78 is 0. The molecule has 0 aromatic carbocycles. The van der Waals surface area contributed by atoms with Crippen LogP contribution in [-0.4, -0.2) is 41.8 Å². The van der Waals surface area contributed by atoms with Crippen molar-refractivity contribution >= 4 is 11.7 Å². The first-order valence-electron chi connectivity index (χ1n) is 7.68. The lowest BCUT2D eigenvalue weighted by Gasteiger charge is -2.34. The molecule has 0 spiro atoms. The third kappa shape index (κ3) is 4.60. The minimum atomic E-state index is 0.141. The number of hydrogen-bond donors (Lipinski definition) is 1. The van der Waals surface area contributed by atoms with Crippen molar-refractivity contribution in [3.05, 3.63) is 0 Å². The van der Waals surface area contributed by atoms with E-state index in [4.69, 9.17) is 0 Å². The number of ketones is 1. The normalized spacial score (nSPS) is 25.4. The van der Waals surface area contributed by atoms with Gasteiger partial charge >= 0.3 is 0 Å². The number of nitrogens with zero attached hydrogens (tertiary/aromatic N) is 1. The number of carbonyl (C=O) groups excluding carboxylic acids is 2. The molecule has 108 valence electrons. The van der Waals surface area contributed by atoms with E-state index >= 15 is 0 Å². The zero-order valence-electron chi connectivity index (χ0n) is 12.0. The Balaban J connectivity index is 1.80. The van der Waals surface area contributed by atoms with Gasteiger partial charge in [0.05, 0.1) is 6.54 Å². The molecule has 0 aromatic rings. The average molecular weight is 266 g/mol. The van der Waals surface area contributed by atoms with Crippen LogP contribution in [0.15, 0.2) is 0 Å². The monoisotopic (exact) mass is 266 g/mol. The van der Waals surface area contributed by atoms with Crippen LogP contribution in [0.25, 0.3) is 0 Å². The molecule has 1 aliphatic heterocycles. The van der Waals surface area contributed by atoms with Gasteiger partial charge in [0.15, 0.2) is 0 Å². The van der Waals surface area contributed by atoms with Crippen molar-refractivity contribution in [3.63, 3.8) is 0 Å². The lowest BCUT2D eigenvalue weighted by atomic mass is 9.98. The molecule has 1 aliphatic carbocycles. The van der Waals surface area contributed by atoms with Gasteiger partial charge in [0, 0.05) is 18.5 Å². The Bertz CT molecular complexity index is 324. The van der Waals surface area contributed by atoms with Crippen LogP contribution in [0.4, 0.5) is 0 Å². The smallest absolute Gasteiger partial charge is 0.234 e. The molecule has 0 radical (unpaired) electrons. The number of hydrogen-bond acceptors (Lipinski definition) is 3. The SMILES string of the molecule is CC(=O)CC1CCCCN1CC(=O)NC1CCCC1. The summed E-state index contributed by atoms with van der Waals surface area (Å²) in [7, 11) is 0. The van der Waals surface area contributed by atoms with Gasteiger partial charge in [-0.1, -0.05) is 19.3 Å². The molecule has 1 unspecified atom stereocenters. The molecule has 2 rings (SSSR count). The summed E-state index contributed by atoms with van der Waals surface area (Å²) in [6.07, 6.45) is 8.70. The van der Waals surface area contributed by atoms with E-state index in [1.54, 1.807) is 6.92 Å². The van der Waals surface area contributed by atoms with Gasteiger partial charge in [-0.25, -0.2) is 0 Å². The lowest BCUT2D eigenvalue weighted by molar-refractivity contribution is -0.125. The van der Waals surface area contributed by atoms with E-state index in [0.717, 1.165) is 32.2 Å². The van der Waals surface area contributed by atoms with E-state index in [-0.39, 0.29) is 17.7 Å². The quantitative estimate of drug-likeness (QED) is 0.826. The Hall–Kier alpha value is -0.900. The fourth-order valence-corrected chi connectivity index (χ4v) is 3.36. The lowest BCUT2D eigenvalue weighted by Crippen LogP contribution is -2.47. The Labute approximate surface area is 115 Å². The summed E-state index contributed by atoms with van der Waals surface area (Å²) in [6.45, 7) is 3.07. The van der Waals surface area contributed by atoms with Crippen molar-refractivity contribution in [1.29, 1.82) is 0 Å². The van der Waals surface area contributed by atoms with Gasteiger partial charge in [-0.2, -0.15) is 0 Å². The molecular formula is C15H26N2O2. The molecule has 1 atom stereocenters. The molecule has 2 fully saturated rings. The molecule has 0 bridgehead atoms. The summed E-state index contributed by atoms with van der Waals surface area (Å²) in [5.74, 6) is 0.371. The molecule has 1 amide bonds. The Morgan fingerprint density at radius 1 is 1.11 bits per heavy atom. The highest BCUT2D eigenvalue weighted by Gasteiger charge is 2.26. The first kappa shape index (κ1) is 14.5. The minimum absolute atomic E-state index is 0.141.